The minimum absolute atomic E-state index is 0.867. The van der Waals surface area contributed by atoms with Crippen molar-refractivity contribution < 1.29 is 0 Å². The maximum Gasteiger partial charge on any atom is 0.0517 e. The molecule has 0 fully saturated rings. The molecule has 3 heteroatoms. The molecule has 1 aromatic rings. The van der Waals surface area contributed by atoms with Crippen LogP contribution >= 0.6 is 0 Å². The molecule has 0 unspecified atom stereocenters. The number of likely N-dealkylation sites (N-methyl/N-ethyl adjacent to an activating group) is 1. The quantitative estimate of drug-likeness (QED) is 0.569. The largest absolute Gasteiger partial charge is 0.310 e. The van der Waals surface area contributed by atoms with Crippen LogP contribution in [0.4, 0.5) is 5.69 Å². The summed E-state index contributed by atoms with van der Waals surface area (Å²) >= 11 is 0. The summed E-state index contributed by atoms with van der Waals surface area (Å²) in [4.78, 5) is 2.36. The fourth-order valence-corrected chi connectivity index (χ4v) is 1.54. The van der Waals surface area contributed by atoms with Crippen LogP contribution in [-0.4, -0.2) is 31.1 Å². The molecule has 0 bridgehead atoms. The van der Waals surface area contributed by atoms with Gasteiger partial charge in [-0.1, -0.05) is 32.0 Å². The normalized spacial score (nSPS) is 10.7. The van der Waals surface area contributed by atoms with Gasteiger partial charge in [0.05, 0.1) is 5.69 Å². The van der Waals surface area contributed by atoms with E-state index in [9.17, 15) is 0 Å². The Kier molecular flexibility index (Phi) is 5.15. The topological polar surface area (TPSA) is 32.5 Å². The Bertz CT molecular complexity index is 257. The second-order valence-corrected chi connectivity index (χ2v) is 3.56. The highest BCUT2D eigenvalue weighted by Crippen LogP contribution is 2.08. The van der Waals surface area contributed by atoms with E-state index in [1.165, 1.54) is 0 Å². The van der Waals surface area contributed by atoms with Crippen molar-refractivity contribution >= 4 is 5.69 Å². The number of hydrazine groups is 1. The van der Waals surface area contributed by atoms with Gasteiger partial charge >= 0.3 is 0 Å². The standard InChI is InChI=1S/C12H21N3/c1-3-14(4-2)10-11-15(13)12-8-6-5-7-9-12/h5-9H,3-4,10-11,13H2,1-2H3. The molecule has 15 heavy (non-hydrogen) atoms. The predicted octanol–water partition coefficient (Wildman–Crippen LogP) is 1.71. The van der Waals surface area contributed by atoms with Crippen LogP contribution in [0.2, 0.25) is 0 Å². The van der Waals surface area contributed by atoms with Crippen LogP contribution in [0.1, 0.15) is 13.8 Å². The van der Waals surface area contributed by atoms with Gasteiger partial charge in [-0.15, -0.1) is 0 Å². The second kappa shape index (κ2) is 6.43. The summed E-state index contributed by atoms with van der Waals surface area (Å²) in [5.74, 6) is 5.96. The fraction of sp³-hybridized carbons (Fsp3) is 0.500. The van der Waals surface area contributed by atoms with Crippen LogP contribution < -0.4 is 10.9 Å². The summed E-state index contributed by atoms with van der Waals surface area (Å²) in [5.41, 5.74) is 1.07. The van der Waals surface area contributed by atoms with Crippen LogP contribution in [0, 0.1) is 0 Å². The van der Waals surface area contributed by atoms with Gasteiger partial charge in [-0.05, 0) is 25.2 Å². The smallest absolute Gasteiger partial charge is 0.0517 e. The summed E-state index contributed by atoms with van der Waals surface area (Å²) in [6.07, 6.45) is 0. The van der Waals surface area contributed by atoms with E-state index in [1.807, 2.05) is 30.3 Å². The first kappa shape index (κ1) is 12.0. The van der Waals surface area contributed by atoms with Crippen LogP contribution in [0.25, 0.3) is 0 Å². The van der Waals surface area contributed by atoms with E-state index in [2.05, 4.69) is 18.7 Å². The van der Waals surface area contributed by atoms with Crippen molar-refractivity contribution in [1.29, 1.82) is 0 Å². The van der Waals surface area contributed by atoms with Crippen molar-refractivity contribution in [3.05, 3.63) is 30.3 Å². The van der Waals surface area contributed by atoms with E-state index in [4.69, 9.17) is 5.84 Å². The van der Waals surface area contributed by atoms with E-state index >= 15 is 0 Å². The van der Waals surface area contributed by atoms with Gasteiger partial charge in [0.1, 0.15) is 0 Å². The predicted molar refractivity (Wildman–Crippen MR) is 65.8 cm³/mol. The molecule has 0 amide bonds. The van der Waals surface area contributed by atoms with Gasteiger partial charge in [-0.2, -0.15) is 0 Å². The molecule has 3 nitrogen and oxygen atoms in total. The third-order valence-electron chi connectivity index (χ3n) is 2.64. The third-order valence-corrected chi connectivity index (χ3v) is 2.64. The zero-order valence-electron chi connectivity index (χ0n) is 9.69. The van der Waals surface area contributed by atoms with Crippen molar-refractivity contribution in [3.63, 3.8) is 0 Å². The first-order chi connectivity index (χ1) is 7.27. The molecular weight excluding hydrogens is 186 g/mol. The summed E-state index contributed by atoms with van der Waals surface area (Å²) in [5, 5.41) is 1.80. The number of rotatable bonds is 6. The van der Waals surface area contributed by atoms with Gasteiger partial charge in [0, 0.05) is 13.1 Å². The van der Waals surface area contributed by atoms with Crippen LogP contribution in [0.5, 0.6) is 0 Å². The lowest BCUT2D eigenvalue weighted by molar-refractivity contribution is 0.309. The molecule has 1 aromatic carbocycles. The lowest BCUT2D eigenvalue weighted by Crippen LogP contribution is -2.39. The molecule has 0 radical (unpaired) electrons. The Hall–Kier alpha value is -1.06. The first-order valence-corrected chi connectivity index (χ1v) is 5.57. The van der Waals surface area contributed by atoms with Crippen molar-refractivity contribution in [2.75, 3.05) is 31.2 Å². The molecule has 2 N–H and O–H groups in total. The minimum Gasteiger partial charge on any atom is -0.310 e. The van der Waals surface area contributed by atoms with E-state index in [0.717, 1.165) is 31.9 Å². The molecule has 0 spiro atoms. The fourth-order valence-electron chi connectivity index (χ4n) is 1.54. The second-order valence-electron chi connectivity index (χ2n) is 3.56. The number of benzene rings is 1. The van der Waals surface area contributed by atoms with Gasteiger partial charge in [0.15, 0.2) is 0 Å². The van der Waals surface area contributed by atoms with Gasteiger partial charge in [0.25, 0.3) is 0 Å². The van der Waals surface area contributed by atoms with E-state index < -0.39 is 0 Å². The lowest BCUT2D eigenvalue weighted by Gasteiger charge is -2.23. The Balaban J connectivity index is 2.39. The number of nitrogens with two attached hydrogens (primary N) is 1. The molecule has 0 saturated carbocycles. The Morgan fingerprint density at radius 2 is 1.60 bits per heavy atom. The zero-order chi connectivity index (χ0) is 11.1. The van der Waals surface area contributed by atoms with Gasteiger partial charge in [-0.3, -0.25) is 0 Å². The van der Waals surface area contributed by atoms with Crippen molar-refractivity contribution in [3.8, 4) is 0 Å². The molecule has 0 aliphatic carbocycles. The maximum atomic E-state index is 5.96. The Morgan fingerprint density at radius 1 is 1.00 bits per heavy atom. The molecule has 0 aliphatic rings. The highest BCUT2D eigenvalue weighted by Gasteiger charge is 2.03. The summed E-state index contributed by atoms with van der Waals surface area (Å²) in [6, 6.07) is 10.1. The Labute approximate surface area is 92.5 Å². The van der Waals surface area contributed by atoms with Crippen molar-refractivity contribution in [2.45, 2.75) is 13.8 Å². The van der Waals surface area contributed by atoms with Crippen molar-refractivity contribution in [2.24, 2.45) is 5.84 Å². The Morgan fingerprint density at radius 3 is 2.13 bits per heavy atom. The van der Waals surface area contributed by atoms with Gasteiger partial charge in [-0.25, -0.2) is 5.84 Å². The number of para-hydroxylation sites is 1. The minimum atomic E-state index is 0.867. The number of hydrogen-bond acceptors (Lipinski definition) is 3. The molecule has 0 heterocycles. The SMILES string of the molecule is CCN(CC)CCN(N)c1ccccc1. The lowest BCUT2D eigenvalue weighted by atomic mass is 10.3. The number of hydrogen-bond donors (Lipinski definition) is 1. The summed E-state index contributed by atoms with van der Waals surface area (Å²) in [6.45, 7) is 8.39. The molecule has 0 atom stereocenters. The molecular formula is C12H21N3. The number of nitrogens with zero attached hydrogens (tertiary/aromatic N) is 2. The molecule has 1 rings (SSSR count). The highest BCUT2D eigenvalue weighted by molar-refractivity contribution is 5.44. The molecule has 84 valence electrons. The maximum absolute atomic E-state index is 5.96. The number of anilines is 1. The van der Waals surface area contributed by atoms with E-state index in [0.29, 0.717) is 0 Å². The van der Waals surface area contributed by atoms with Crippen LogP contribution in [0.3, 0.4) is 0 Å². The zero-order valence-corrected chi connectivity index (χ0v) is 9.69. The summed E-state index contributed by atoms with van der Waals surface area (Å²) < 4.78 is 0. The first-order valence-electron chi connectivity index (χ1n) is 5.57. The van der Waals surface area contributed by atoms with Crippen molar-refractivity contribution in [1.82, 2.24) is 4.90 Å². The molecule has 0 aliphatic heterocycles. The van der Waals surface area contributed by atoms with E-state index in [1.54, 1.807) is 5.01 Å². The van der Waals surface area contributed by atoms with Gasteiger partial charge < -0.3 is 9.91 Å². The average molecular weight is 207 g/mol. The monoisotopic (exact) mass is 207 g/mol. The van der Waals surface area contributed by atoms with E-state index in [-0.39, 0.29) is 0 Å². The summed E-state index contributed by atoms with van der Waals surface area (Å²) in [7, 11) is 0. The molecule has 0 saturated heterocycles. The van der Waals surface area contributed by atoms with Crippen LogP contribution in [-0.2, 0) is 0 Å². The highest BCUT2D eigenvalue weighted by atomic mass is 15.4. The van der Waals surface area contributed by atoms with Gasteiger partial charge in [0.2, 0.25) is 0 Å². The molecule has 0 aromatic heterocycles. The average Bonchev–Trinajstić information content (AvgIpc) is 2.31. The third kappa shape index (κ3) is 3.90. The van der Waals surface area contributed by atoms with Crippen LogP contribution in [0.15, 0.2) is 30.3 Å².